The number of carbonyl (C=O) groups is 3. The highest BCUT2D eigenvalue weighted by atomic mass is 32.1. The van der Waals surface area contributed by atoms with Gasteiger partial charge in [0.2, 0.25) is 11.8 Å². The standard InChI is InChI=1S/C18H25N3O4S/c1-10(2)25-7-6-19-16(23)12-8-13-15(14(22)9-12)26-18(20-13)21-17(24)11-4-3-5-11/h10-12H,3-9H2,1-2H3,(H,19,23)(H,20,21,24)/t12-/m0/s1. The number of amides is 2. The van der Waals surface area contributed by atoms with Gasteiger partial charge in [0.05, 0.1) is 29.2 Å². The average molecular weight is 379 g/mol. The Bertz CT molecular complexity index is 697. The van der Waals surface area contributed by atoms with Crippen LogP contribution in [-0.2, 0) is 20.7 Å². The smallest absolute Gasteiger partial charge is 0.229 e. The number of carbonyl (C=O) groups excluding carboxylic acids is 3. The molecule has 8 heteroatoms. The number of aromatic nitrogens is 1. The van der Waals surface area contributed by atoms with Crippen molar-refractivity contribution in [1.29, 1.82) is 0 Å². The second kappa shape index (κ2) is 8.26. The predicted octanol–water partition coefficient (Wildman–Crippen LogP) is 2.17. The summed E-state index contributed by atoms with van der Waals surface area (Å²) in [7, 11) is 0. The fourth-order valence-electron chi connectivity index (χ4n) is 3.06. The molecule has 2 aliphatic rings. The predicted molar refractivity (Wildman–Crippen MR) is 98.3 cm³/mol. The van der Waals surface area contributed by atoms with Gasteiger partial charge >= 0.3 is 0 Å². The van der Waals surface area contributed by atoms with E-state index in [9.17, 15) is 14.4 Å². The fourth-order valence-corrected chi connectivity index (χ4v) is 4.00. The normalized spacial score (nSPS) is 19.8. The molecule has 0 aromatic carbocycles. The largest absolute Gasteiger partial charge is 0.377 e. The lowest BCUT2D eigenvalue weighted by Crippen LogP contribution is -2.37. The van der Waals surface area contributed by atoms with E-state index in [1.54, 1.807) is 0 Å². The zero-order chi connectivity index (χ0) is 18.7. The molecule has 0 bridgehead atoms. The molecule has 2 aliphatic carbocycles. The van der Waals surface area contributed by atoms with E-state index in [0.29, 0.717) is 35.3 Å². The SMILES string of the molecule is CC(C)OCCNC(=O)[C@@H]1CC(=O)c2sc(NC(=O)C3CCC3)nc2C1. The molecular weight excluding hydrogens is 354 g/mol. The molecule has 1 saturated carbocycles. The Morgan fingerprint density at radius 2 is 2.00 bits per heavy atom. The molecule has 26 heavy (non-hydrogen) atoms. The second-order valence-electron chi connectivity index (χ2n) is 7.15. The number of ether oxygens (including phenoxy) is 1. The van der Waals surface area contributed by atoms with Gasteiger partial charge in [0.15, 0.2) is 10.9 Å². The summed E-state index contributed by atoms with van der Waals surface area (Å²) in [6.45, 7) is 4.75. The first-order valence-electron chi connectivity index (χ1n) is 9.17. The van der Waals surface area contributed by atoms with E-state index in [1.165, 1.54) is 11.3 Å². The van der Waals surface area contributed by atoms with Gasteiger partial charge in [-0.3, -0.25) is 14.4 Å². The molecule has 0 aliphatic heterocycles. The highest BCUT2D eigenvalue weighted by molar-refractivity contribution is 7.17. The number of Topliss-reactive ketones (excluding diaryl/α,β-unsaturated/α-hetero) is 1. The summed E-state index contributed by atoms with van der Waals surface area (Å²) in [5, 5.41) is 6.10. The molecule has 0 radical (unpaired) electrons. The molecule has 1 aromatic heterocycles. The van der Waals surface area contributed by atoms with Crippen LogP contribution in [0, 0.1) is 11.8 Å². The van der Waals surface area contributed by atoms with Crippen LogP contribution in [0.4, 0.5) is 5.13 Å². The van der Waals surface area contributed by atoms with Crippen LogP contribution in [0.2, 0.25) is 0 Å². The van der Waals surface area contributed by atoms with Crippen molar-refractivity contribution in [3.63, 3.8) is 0 Å². The number of rotatable bonds is 7. The molecule has 2 amide bonds. The summed E-state index contributed by atoms with van der Waals surface area (Å²) < 4.78 is 5.40. The summed E-state index contributed by atoms with van der Waals surface area (Å²) in [5.74, 6) is -0.588. The van der Waals surface area contributed by atoms with Gasteiger partial charge in [-0.15, -0.1) is 0 Å². The number of nitrogens with zero attached hydrogens (tertiary/aromatic N) is 1. The number of hydrogen-bond donors (Lipinski definition) is 2. The molecule has 0 spiro atoms. The molecule has 0 saturated heterocycles. The monoisotopic (exact) mass is 379 g/mol. The zero-order valence-electron chi connectivity index (χ0n) is 15.2. The molecule has 1 aromatic rings. The molecule has 2 N–H and O–H groups in total. The summed E-state index contributed by atoms with van der Waals surface area (Å²) >= 11 is 1.22. The highest BCUT2D eigenvalue weighted by Crippen LogP contribution is 2.34. The number of thiazole rings is 1. The van der Waals surface area contributed by atoms with Crippen LogP contribution in [-0.4, -0.2) is 41.8 Å². The van der Waals surface area contributed by atoms with E-state index in [2.05, 4.69) is 15.6 Å². The topological polar surface area (TPSA) is 97.4 Å². The molecule has 1 heterocycles. The molecule has 3 rings (SSSR count). The van der Waals surface area contributed by atoms with Gasteiger partial charge in [-0.2, -0.15) is 0 Å². The average Bonchev–Trinajstić information content (AvgIpc) is 2.92. The van der Waals surface area contributed by atoms with E-state index in [0.717, 1.165) is 19.3 Å². The maximum atomic E-state index is 12.4. The Kier molecular flexibility index (Phi) is 6.03. The van der Waals surface area contributed by atoms with Crippen LogP contribution in [0.25, 0.3) is 0 Å². The first-order chi connectivity index (χ1) is 12.4. The van der Waals surface area contributed by atoms with Crippen molar-refractivity contribution in [2.24, 2.45) is 11.8 Å². The van der Waals surface area contributed by atoms with E-state index in [1.807, 2.05) is 13.8 Å². The van der Waals surface area contributed by atoms with Crippen LogP contribution < -0.4 is 10.6 Å². The first-order valence-corrected chi connectivity index (χ1v) is 9.98. The van der Waals surface area contributed by atoms with Crippen LogP contribution in [0.1, 0.15) is 54.9 Å². The molecule has 7 nitrogen and oxygen atoms in total. The summed E-state index contributed by atoms with van der Waals surface area (Å²) in [4.78, 5) is 41.7. The van der Waals surface area contributed by atoms with E-state index in [-0.39, 0.29) is 36.0 Å². The molecule has 142 valence electrons. The summed E-state index contributed by atoms with van der Waals surface area (Å²) in [6, 6.07) is 0. The molecule has 1 fully saturated rings. The lowest BCUT2D eigenvalue weighted by Gasteiger charge is -2.23. The van der Waals surface area contributed by atoms with Crippen molar-refractivity contribution < 1.29 is 19.1 Å². The number of ketones is 1. The van der Waals surface area contributed by atoms with Crippen molar-refractivity contribution in [1.82, 2.24) is 10.3 Å². The third-order valence-corrected chi connectivity index (χ3v) is 5.81. The minimum Gasteiger partial charge on any atom is -0.377 e. The quantitative estimate of drug-likeness (QED) is 0.708. The summed E-state index contributed by atoms with van der Waals surface area (Å²) in [6.07, 6.45) is 3.64. The van der Waals surface area contributed by atoms with Crippen LogP contribution in [0.3, 0.4) is 0 Å². The van der Waals surface area contributed by atoms with Gasteiger partial charge in [-0.05, 0) is 26.7 Å². The minimum atomic E-state index is -0.411. The van der Waals surface area contributed by atoms with Gasteiger partial charge in [0, 0.05) is 25.3 Å². The van der Waals surface area contributed by atoms with E-state index >= 15 is 0 Å². The number of anilines is 1. The van der Waals surface area contributed by atoms with E-state index < -0.39 is 5.92 Å². The Morgan fingerprint density at radius 1 is 1.23 bits per heavy atom. The van der Waals surface area contributed by atoms with Crippen molar-refractivity contribution in [3.05, 3.63) is 10.6 Å². The third kappa shape index (κ3) is 4.48. The maximum Gasteiger partial charge on any atom is 0.229 e. The van der Waals surface area contributed by atoms with Crippen molar-refractivity contribution in [3.8, 4) is 0 Å². The Morgan fingerprint density at radius 3 is 2.65 bits per heavy atom. The van der Waals surface area contributed by atoms with Crippen molar-refractivity contribution in [2.45, 2.75) is 52.1 Å². The van der Waals surface area contributed by atoms with Crippen LogP contribution >= 0.6 is 11.3 Å². The Balaban J connectivity index is 1.56. The van der Waals surface area contributed by atoms with Crippen molar-refractivity contribution >= 4 is 34.1 Å². The maximum absolute atomic E-state index is 12.4. The number of hydrogen-bond acceptors (Lipinski definition) is 6. The number of fused-ring (bicyclic) bond motifs is 1. The minimum absolute atomic E-state index is 0.0192. The second-order valence-corrected chi connectivity index (χ2v) is 8.15. The first kappa shape index (κ1) is 19.0. The Labute approximate surface area is 156 Å². The molecule has 1 atom stereocenters. The lowest BCUT2D eigenvalue weighted by molar-refractivity contribution is -0.125. The van der Waals surface area contributed by atoms with Crippen molar-refractivity contribution in [2.75, 3.05) is 18.5 Å². The number of nitrogens with one attached hydrogen (secondary N) is 2. The van der Waals surface area contributed by atoms with Crippen LogP contribution in [0.15, 0.2) is 0 Å². The highest BCUT2D eigenvalue weighted by Gasteiger charge is 2.33. The van der Waals surface area contributed by atoms with Gasteiger partial charge in [-0.1, -0.05) is 17.8 Å². The van der Waals surface area contributed by atoms with Gasteiger partial charge in [0.25, 0.3) is 0 Å². The molecule has 0 unspecified atom stereocenters. The summed E-state index contributed by atoms with van der Waals surface area (Å²) in [5.41, 5.74) is 0.619. The van der Waals surface area contributed by atoms with Gasteiger partial charge < -0.3 is 15.4 Å². The third-order valence-electron chi connectivity index (χ3n) is 4.75. The zero-order valence-corrected chi connectivity index (χ0v) is 16.0. The fraction of sp³-hybridized carbons (Fsp3) is 0.667. The van der Waals surface area contributed by atoms with Gasteiger partial charge in [-0.25, -0.2) is 4.98 Å². The molecular formula is C18H25N3O4S. The Hall–Kier alpha value is -1.80. The van der Waals surface area contributed by atoms with Crippen LogP contribution in [0.5, 0.6) is 0 Å². The van der Waals surface area contributed by atoms with E-state index in [4.69, 9.17) is 4.74 Å². The lowest BCUT2D eigenvalue weighted by atomic mass is 9.85. The van der Waals surface area contributed by atoms with Gasteiger partial charge in [0.1, 0.15) is 0 Å².